The van der Waals surface area contributed by atoms with Gasteiger partial charge in [0.15, 0.2) is 0 Å². The van der Waals surface area contributed by atoms with E-state index in [-0.39, 0.29) is 0 Å². The van der Waals surface area contributed by atoms with Gasteiger partial charge in [-0.3, -0.25) is 0 Å². The van der Waals surface area contributed by atoms with Crippen LogP contribution in [0.3, 0.4) is 0 Å². The fraction of sp³-hybridized carbons (Fsp3) is 0.500. The number of aliphatic hydroxyl groups is 1. The highest BCUT2D eigenvalue weighted by Gasteiger charge is 2.24. The Morgan fingerprint density at radius 1 is 1.50 bits per heavy atom. The Balaban J connectivity index is 3.01. The Morgan fingerprint density at radius 2 is 2.22 bits per heavy atom. The SMILES string of the molecule is CCCCC(O)C(C#N)c1cc(F)ccc1OC. The molecule has 0 spiro atoms. The first-order valence-electron chi connectivity index (χ1n) is 6.05. The Morgan fingerprint density at radius 3 is 2.78 bits per heavy atom. The zero-order valence-electron chi connectivity index (χ0n) is 10.7. The second kappa shape index (κ2) is 6.97. The maximum absolute atomic E-state index is 13.2. The minimum absolute atomic E-state index is 0.406. The third-order valence-electron chi connectivity index (χ3n) is 2.90. The van der Waals surface area contributed by atoms with E-state index in [1.54, 1.807) is 0 Å². The number of hydrogen-bond acceptors (Lipinski definition) is 3. The van der Waals surface area contributed by atoms with Crippen LogP contribution in [0.2, 0.25) is 0 Å². The highest BCUT2D eigenvalue weighted by molar-refractivity contribution is 5.40. The molecule has 98 valence electrons. The zero-order chi connectivity index (χ0) is 13.5. The molecule has 1 N–H and O–H groups in total. The van der Waals surface area contributed by atoms with Crippen molar-refractivity contribution >= 4 is 0 Å². The summed E-state index contributed by atoms with van der Waals surface area (Å²) in [5.74, 6) is -0.769. The third-order valence-corrected chi connectivity index (χ3v) is 2.90. The molecule has 3 nitrogen and oxygen atoms in total. The van der Waals surface area contributed by atoms with E-state index in [0.717, 1.165) is 12.8 Å². The molecular formula is C14H18FNO2. The predicted octanol–water partition coefficient (Wildman–Crippen LogP) is 2.99. The lowest BCUT2D eigenvalue weighted by Crippen LogP contribution is -2.18. The second-order valence-corrected chi connectivity index (χ2v) is 4.20. The molecule has 0 aliphatic carbocycles. The van der Waals surface area contributed by atoms with Crippen molar-refractivity contribution in [3.05, 3.63) is 29.6 Å². The molecule has 0 heterocycles. The fourth-order valence-electron chi connectivity index (χ4n) is 1.89. The van der Waals surface area contributed by atoms with E-state index in [4.69, 9.17) is 4.74 Å². The van der Waals surface area contributed by atoms with E-state index in [1.165, 1.54) is 25.3 Å². The van der Waals surface area contributed by atoms with Crippen LogP contribution in [-0.4, -0.2) is 18.3 Å². The Kier molecular flexibility index (Phi) is 5.60. The van der Waals surface area contributed by atoms with Crippen LogP contribution in [0.5, 0.6) is 5.75 Å². The van der Waals surface area contributed by atoms with Gasteiger partial charge >= 0.3 is 0 Å². The number of hydrogen-bond donors (Lipinski definition) is 1. The fourth-order valence-corrected chi connectivity index (χ4v) is 1.89. The Labute approximate surface area is 107 Å². The van der Waals surface area contributed by atoms with Crippen molar-refractivity contribution in [1.82, 2.24) is 0 Å². The van der Waals surface area contributed by atoms with Crippen molar-refractivity contribution < 1.29 is 14.2 Å². The summed E-state index contributed by atoms with van der Waals surface area (Å²) in [6.07, 6.45) is 1.49. The van der Waals surface area contributed by atoms with Gasteiger partial charge in [0.1, 0.15) is 17.5 Å². The average Bonchev–Trinajstić information content (AvgIpc) is 2.37. The highest BCUT2D eigenvalue weighted by atomic mass is 19.1. The lowest BCUT2D eigenvalue weighted by Gasteiger charge is -2.19. The minimum atomic E-state index is -0.800. The first kappa shape index (κ1) is 14.5. The van der Waals surface area contributed by atoms with Gasteiger partial charge in [0, 0.05) is 5.56 Å². The van der Waals surface area contributed by atoms with Crippen LogP contribution in [0.4, 0.5) is 4.39 Å². The van der Waals surface area contributed by atoms with Crippen molar-refractivity contribution in [2.75, 3.05) is 7.11 Å². The van der Waals surface area contributed by atoms with Crippen LogP contribution in [-0.2, 0) is 0 Å². The number of rotatable bonds is 6. The number of benzene rings is 1. The van der Waals surface area contributed by atoms with Gasteiger partial charge in [-0.2, -0.15) is 5.26 Å². The van der Waals surface area contributed by atoms with Crippen LogP contribution >= 0.6 is 0 Å². The van der Waals surface area contributed by atoms with E-state index in [1.807, 2.05) is 13.0 Å². The Hall–Kier alpha value is -1.60. The molecule has 0 radical (unpaired) electrons. The lowest BCUT2D eigenvalue weighted by atomic mass is 9.91. The molecule has 1 aromatic rings. The molecule has 2 atom stereocenters. The van der Waals surface area contributed by atoms with Crippen molar-refractivity contribution in [2.24, 2.45) is 0 Å². The van der Waals surface area contributed by atoms with E-state index in [0.29, 0.717) is 17.7 Å². The molecule has 0 fully saturated rings. The van der Waals surface area contributed by atoms with Gasteiger partial charge < -0.3 is 9.84 Å². The number of nitrogens with zero attached hydrogens (tertiary/aromatic N) is 1. The highest BCUT2D eigenvalue weighted by Crippen LogP contribution is 2.31. The lowest BCUT2D eigenvalue weighted by molar-refractivity contribution is 0.147. The zero-order valence-corrected chi connectivity index (χ0v) is 10.7. The van der Waals surface area contributed by atoms with Gasteiger partial charge in [-0.1, -0.05) is 19.8 Å². The number of ether oxygens (including phenoxy) is 1. The molecule has 0 aromatic heterocycles. The van der Waals surface area contributed by atoms with Crippen molar-refractivity contribution in [2.45, 2.75) is 38.2 Å². The predicted molar refractivity (Wildman–Crippen MR) is 66.8 cm³/mol. The number of methoxy groups -OCH3 is 1. The van der Waals surface area contributed by atoms with Crippen molar-refractivity contribution in [3.63, 3.8) is 0 Å². The van der Waals surface area contributed by atoms with E-state index >= 15 is 0 Å². The molecule has 1 aromatic carbocycles. The monoisotopic (exact) mass is 251 g/mol. The number of aliphatic hydroxyl groups excluding tert-OH is 1. The summed E-state index contributed by atoms with van der Waals surface area (Å²) in [6.45, 7) is 2.01. The molecule has 0 aliphatic rings. The van der Waals surface area contributed by atoms with Crippen LogP contribution in [0, 0.1) is 17.1 Å². The summed E-state index contributed by atoms with van der Waals surface area (Å²) in [5.41, 5.74) is 0.406. The number of unbranched alkanes of at least 4 members (excludes halogenated alkanes) is 1. The van der Waals surface area contributed by atoms with Gasteiger partial charge in [0.05, 0.1) is 19.3 Å². The third kappa shape index (κ3) is 3.44. The van der Waals surface area contributed by atoms with Crippen molar-refractivity contribution in [3.8, 4) is 11.8 Å². The molecule has 0 amide bonds. The summed E-state index contributed by atoms with van der Waals surface area (Å²) in [7, 11) is 1.46. The Bertz CT molecular complexity index is 428. The first-order chi connectivity index (χ1) is 8.63. The van der Waals surface area contributed by atoms with Gasteiger partial charge in [-0.25, -0.2) is 4.39 Å². The van der Waals surface area contributed by atoms with Crippen molar-refractivity contribution in [1.29, 1.82) is 5.26 Å². The smallest absolute Gasteiger partial charge is 0.123 e. The minimum Gasteiger partial charge on any atom is -0.496 e. The summed E-state index contributed by atoms with van der Waals surface area (Å²) in [5, 5.41) is 19.2. The van der Waals surface area contributed by atoms with E-state index < -0.39 is 17.8 Å². The first-order valence-corrected chi connectivity index (χ1v) is 6.05. The standard InChI is InChI=1S/C14H18FNO2/c1-3-4-5-13(17)12(9-16)11-8-10(15)6-7-14(11)18-2/h6-8,12-13,17H,3-5H2,1-2H3. The van der Waals surface area contributed by atoms with E-state index in [9.17, 15) is 14.8 Å². The molecule has 0 aliphatic heterocycles. The molecule has 0 saturated heterocycles. The second-order valence-electron chi connectivity index (χ2n) is 4.20. The number of nitriles is 1. The van der Waals surface area contributed by atoms with Crippen LogP contribution < -0.4 is 4.74 Å². The average molecular weight is 251 g/mol. The van der Waals surface area contributed by atoms with Crippen LogP contribution in [0.25, 0.3) is 0 Å². The summed E-state index contributed by atoms with van der Waals surface area (Å²) in [4.78, 5) is 0. The van der Waals surface area contributed by atoms with Gasteiger partial charge in [-0.05, 0) is 24.6 Å². The van der Waals surface area contributed by atoms with Gasteiger partial charge in [0.2, 0.25) is 0 Å². The maximum Gasteiger partial charge on any atom is 0.123 e. The van der Waals surface area contributed by atoms with Crippen LogP contribution in [0.1, 0.15) is 37.7 Å². The summed E-state index contributed by atoms with van der Waals surface area (Å²) in [6, 6.07) is 6.03. The molecular weight excluding hydrogens is 233 g/mol. The maximum atomic E-state index is 13.2. The largest absolute Gasteiger partial charge is 0.496 e. The topological polar surface area (TPSA) is 53.2 Å². The molecule has 0 bridgehead atoms. The van der Waals surface area contributed by atoms with Gasteiger partial charge in [-0.15, -0.1) is 0 Å². The van der Waals surface area contributed by atoms with Gasteiger partial charge in [0.25, 0.3) is 0 Å². The summed E-state index contributed by atoms with van der Waals surface area (Å²) < 4.78 is 18.4. The van der Waals surface area contributed by atoms with E-state index in [2.05, 4.69) is 0 Å². The molecule has 18 heavy (non-hydrogen) atoms. The molecule has 0 saturated carbocycles. The molecule has 1 rings (SSSR count). The molecule has 4 heteroatoms. The summed E-state index contributed by atoms with van der Waals surface area (Å²) >= 11 is 0. The molecule has 2 unspecified atom stereocenters. The quantitative estimate of drug-likeness (QED) is 0.845. The number of halogens is 1. The normalized spacial score (nSPS) is 13.7. The van der Waals surface area contributed by atoms with Crippen LogP contribution in [0.15, 0.2) is 18.2 Å².